The molecule has 0 atom stereocenters. The van der Waals surface area contributed by atoms with E-state index in [1.54, 1.807) is 12.3 Å². The molecular formula is C11H15ClN4. The fraction of sp³-hybridized carbons (Fsp3) is 0.455. The van der Waals surface area contributed by atoms with Crippen LogP contribution in [0.2, 0.25) is 5.02 Å². The van der Waals surface area contributed by atoms with Crippen molar-refractivity contribution in [2.45, 2.75) is 25.4 Å². The molecule has 1 heterocycles. The van der Waals surface area contributed by atoms with Crippen LogP contribution in [0.1, 0.15) is 18.5 Å². The van der Waals surface area contributed by atoms with Crippen LogP contribution >= 0.6 is 11.6 Å². The summed E-state index contributed by atoms with van der Waals surface area (Å²) in [6.07, 6.45) is 4.05. The van der Waals surface area contributed by atoms with Crippen LogP contribution in [0.25, 0.3) is 0 Å². The first-order valence-corrected chi connectivity index (χ1v) is 5.68. The van der Waals surface area contributed by atoms with Crippen LogP contribution in [0.15, 0.2) is 23.3 Å². The molecule has 1 aliphatic rings. The molecule has 0 spiro atoms. The Labute approximate surface area is 100 Å². The van der Waals surface area contributed by atoms with Crippen LogP contribution in [-0.2, 0) is 6.54 Å². The summed E-state index contributed by atoms with van der Waals surface area (Å²) in [4.78, 5) is 10.5. The predicted molar refractivity (Wildman–Crippen MR) is 65.4 cm³/mol. The molecule has 86 valence electrons. The van der Waals surface area contributed by atoms with Gasteiger partial charge in [0.05, 0.1) is 17.3 Å². The van der Waals surface area contributed by atoms with Gasteiger partial charge in [-0.1, -0.05) is 11.6 Å². The topological polar surface area (TPSA) is 54.5 Å². The van der Waals surface area contributed by atoms with Crippen LogP contribution in [0.4, 0.5) is 0 Å². The van der Waals surface area contributed by atoms with Gasteiger partial charge in [0.15, 0.2) is 5.96 Å². The van der Waals surface area contributed by atoms with Crippen LogP contribution < -0.4 is 5.73 Å². The van der Waals surface area contributed by atoms with E-state index in [9.17, 15) is 0 Å². The van der Waals surface area contributed by atoms with Gasteiger partial charge in [0, 0.05) is 19.3 Å². The molecule has 16 heavy (non-hydrogen) atoms. The van der Waals surface area contributed by atoms with Crippen LogP contribution in [0.3, 0.4) is 0 Å². The van der Waals surface area contributed by atoms with Crippen molar-refractivity contribution in [1.29, 1.82) is 0 Å². The maximum atomic E-state index is 5.86. The van der Waals surface area contributed by atoms with Gasteiger partial charge in [0.25, 0.3) is 0 Å². The lowest BCUT2D eigenvalue weighted by Crippen LogP contribution is -2.35. The molecule has 0 saturated heterocycles. The molecule has 1 aromatic heterocycles. The average Bonchev–Trinajstić information content (AvgIpc) is 3.11. The van der Waals surface area contributed by atoms with Gasteiger partial charge < -0.3 is 10.6 Å². The molecule has 1 aromatic rings. The molecule has 2 rings (SSSR count). The second-order valence-electron chi connectivity index (χ2n) is 3.98. The molecule has 1 fully saturated rings. The van der Waals surface area contributed by atoms with Crippen LogP contribution in [0.5, 0.6) is 0 Å². The molecule has 2 N–H and O–H groups in total. The second-order valence-corrected chi connectivity index (χ2v) is 4.42. The number of rotatable bonds is 3. The summed E-state index contributed by atoms with van der Waals surface area (Å²) in [5, 5.41) is 0.635. The van der Waals surface area contributed by atoms with Crippen molar-refractivity contribution in [1.82, 2.24) is 9.88 Å². The minimum absolute atomic E-state index is 0.500. The van der Waals surface area contributed by atoms with E-state index < -0.39 is 0 Å². The van der Waals surface area contributed by atoms with Gasteiger partial charge >= 0.3 is 0 Å². The van der Waals surface area contributed by atoms with Gasteiger partial charge in [-0.05, 0) is 25.0 Å². The zero-order valence-electron chi connectivity index (χ0n) is 9.23. The molecule has 4 nitrogen and oxygen atoms in total. The maximum absolute atomic E-state index is 5.86. The Balaban J connectivity index is 1.94. The largest absolute Gasteiger partial charge is 0.370 e. The van der Waals surface area contributed by atoms with Crippen molar-refractivity contribution >= 4 is 17.6 Å². The minimum Gasteiger partial charge on any atom is -0.370 e. The Kier molecular flexibility index (Phi) is 3.29. The molecule has 0 aromatic carbocycles. The highest BCUT2D eigenvalue weighted by Crippen LogP contribution is 2.24. The highest BCUT2D eigenvalue weighted by Gasteiger charge is 2.27. The first kappa shape index (κ1) is 11.2. The van der Waals surface area contributed by atoms with E-state index in [4.69, 9.17) is 17.3 Å². The highest BCUT2D eigenvalue weighted by atomic mass is 35.5. The lowest BCUT2D eigenvalue weighted by molar-refractivity contribution is 0.487. The summed E-state index contributed by atoms with van der Waals surface area (Å²) in [5.41, 5.74) is 6.73. The number of hydrogen-bond acceptors (Lipinski definition) is 2. The van der Waals surface area contributed by atoms with E-state index in [0.717, 1.165) is 5.69 Å². The summed E-state index contributed by atoms with van der Waals surface area (Å²) in [5.74, 6) is 0.583. The Morgan fingerprint density at radius 2 is 2.38 bits per heavy atom. The number of hydrogen-bond donors (Lipinski definition) is 1. The Hall–Kier alpha value is -1.29. The van der Waals surface area contributed by atoms with E-state index >= 15 is 0 Å². The predicted octanol–water partition coefficient (Wildman–Crippen LogP) is 1.64. The first-order valence-electron chi connectivity index (χ1n) is 5.30. The van der Waals surface area contributed by atoms with Crippen molar-refractivity contribution in [2.75, 3.05) is 7.05 Å². The first-order chi connectivity index (χ1) is 7.66. The number of aliphatic imine (C=N–C) groups is 1. The van der Waals surface area contributed by atoms with E-state index in [-0.39, 0.29) is 0 Å². The molecular weight excluding hydrogens is 224 g/mol. The number of nitrogens with two attached hydrogens (primary N) is 1. The molecule has 5 heteroatoms. The van der Waals surface area contributed by atoms with Crippen molar-refractivity contribution in [3.8, 4) is 0 Å². The van der Waals surface area contributed by atoms with Gasteiger partial charge in [-0.15, -0.1) is 0 Å². The van der Waals surface area contributed by atoms with Gasteiger partial charge in [-0.2, -0.15) is 0 Å². The van der Waals surface area contributed by atoms with Gasteiger partial charge in [0.1, 0.15) is 0 Å². The molecule has 0 bridgehead atoms. The van der Waals surface area contributed by atoms with E-state index in [0.29, 0.717) is 23.6 Å². The van der Waals surface area contributed by atoms with Gasteiger partial charge in [0.2, 0.25) is 0 Å². The number of pyridine rings is 1. The smallest absolute Gasteiger partial charge is 0.191 e. The maximum Gasteiger partial charge on any atom is 0.191 e. The van der Waals surface area contributed by atoms with Crippen molar-refractivity contribution in [3.05, 3.63) is 29.0 Å². The molecule has 0 radical (unpaired) electrons. The normalized spacial score (nSPS) is 16.2. The molecule has 0 amide bonds. The summed E-state index contributed by atoms with van der Waals surface area (Å²) in [6, 6.07) is 4.25. The lowest BCUT2D eigenvalue weighted by atomic mass is 10.3. The third kappa shape index (κ3) is 2.85. The van der Waals surface area contributed by atoms with Gasteiger partial charge in [-0.25, -0.2) is 4.99 Å². The highest BCUT2D eigenvalue weighted by molar-refractivity contribution is 6.30. The SMILES string of the molecule is CN(C(N)=NCc1ccc(Cl)cn1)C1CC1. The van der Waals surface area contributed by atoms with Crippen LogP contribution in [0, 0.1) is 0 Å². The molecule has 0 aliphatic heterocycles. The van der Waals surface area contributed by atoms with Crippen molar-refractivity contribution < 1.29 is 0 Å². The Bertz CT molecular complexity index is 383. The molecule has 1 saturated carbocycles. The minimum atomic E-state index is 0.500. The van der Waals surface area contributed by atoms with Crippen molar-refractivity contribution in [2.24, 2.45) is 10.7 Å². The van der Waals surface area contributed by atoms with Crippen molar-refractivity contribution in [3.63, 3.8) is 0 Å². The summed E-state index contributed by atoms with van der Waals surface area (Å²) in [7, 11) is 1.98. The monoisotopic (exact) mass is 238 g/mol. The number of nitrogens with zero attached hydrogens (tertiary/aromatic N) is 3. The summed E-state index contributed by atoms with van der Waals surface area (Å²) in [6.45, 7) is 0.500. The second kappa shape index (κ2) is 4.70. The zero-order valence-corrected chi connectivity index (χ0v) is 9.98. The molecule has 1 aliphatic carbocycles. The zero-order chi connectivity index (χ0) is 11.5. The molecule has 0 unspecified atom stereocenters. The Morgan fingerprint density at radius 3 is 2.94 bits per heavy atom. The van der Waals surface area contributed by atoms with Crippen LogP contribution in [-0.4, -0.2) is 28.9 Å². The number of guanidine groups is 1. The quantitative estimate of drug-likeness (QED) is 0.644. The van der Waals surface area contributed by atoms with E-state index in [1.165, 1.54) is 12.8 Å². The number of halogens is 1. The Morgan fingerprint density at radius 1 is 1.62 bits per heavy atom. The number of aromatic nitrogens is 1. The van der Waals surface area contributed by atoms with E-state index in [2.05, 4.69) is 9.98 Å². The summed E-state index contributed by atoms with van der Waals surface area (Å²) < 4.78 is 0. The standard InChI is InChI=1S/C11H15ClN4/c1-16(10-4-5-10)11(13)15-7-9-3-2-8(12)6-14-9/h2-3,6,10H,4-5,7H2,1H3,(H2,13,15). The third-order valence-electron chi connectivity index (χ3n) is 2.65. The van der Waals surface area contributed by atoms with E-state index in [1.807, 2.05) is 18.0 Å². The average molecular weight is 239 g/mol. The lowest BCUT2D eigenvalue weighted by Gasteiger charge is -2.16. The fourth-order valence-electron chi connectivity index (χ4n) is 1.42. The fourth-order valence-corrected chi connectivity index (χ4v) is 1.53. The summed E-state index contributed by atoms with van der Waals surface area (Å²) >= 11 is 5.74. The van der Waals surface area contributed by atoms with Gasteiger partial charge in [-0.3, -0.25) is 4.98 Å². The third-order valence-corrected chi connectivity index (χ3v) is 2.87.